The quantitative estimate of drug-likeness (QED) is 0.813. The summed E-state index contributed by atoms with van der Waals surface area (Å²) in [5.74, 6) is 0.118. The second-order valence-electron chi connectivity index (χ2n) is 6.10. The van der Waals surface area contributed by atoms with E-state index in [9.17, 15) is 9.90 Å². The number of piperazine rings is 1. The van der Waals surface area contributed by atoms with Crippen LogP contribution in [0.1, 0.15) is 39.0 Å². The minimum Gasteiger partial charge on any atom is -0.392 e. The molecule has 2 aliphatic rings. The summed E-state index contributed by atoms with van der Waals surface area (Å²) in [6.45, 7) is 5.93. The SMILES string of the molecule is C[C@H](O)CN1CCN(C(=O)COC2CCCCC2)CC1. The molecule has 0 aromatic rings. The van der Waals surface area contributed by atoms with Gasteiger partial charge in [0.2, 0.25) is 5.91 Å². The summed E-state index contributed by atoms with van der Waals surface area (Å²) < 4.78 is 5.74. The fourth-order valence-corrected chi connectivity index (χ4v) is 3.07. The minimum absolute atomic E-state index is 0.118. The highest BCUT2D eigenvalue weighted by Crippen LogP contribution is 2.20. The molecule has 1 saturated carbocycles. The van der Waals surface area contributed by atoms with Crippen LogP contribution in [-0.2, 0) is 9.53 Å². The molecule has 5 heteroatoms. The maximum Gasteiger partial charge on any atom is 0.248 e. The van der Waals surface area contributed by atoms with Crippen LogP contribution in [0.25, 0.3) is 0 Å². The number of rotatable bonds is 5. The first-order valence-electron chi connectivity index (χ1n) is 7.95. The van der Waals surface area contributed by atoms with Crippen LogP contribution in [-0.4, -0.2) is 72.4 Å². The van der Waals surface area contributed by atoms with Gasteiger partial charge < -0.3 is 14.7 Å². The number of hydrogen-bond donors (Lipinski definition) is 1. The summed E-state index contributed by atoms with van der Waals surface area (Å²) in [7, 11) is 0. The number of β-amino-alcohol motifs (C(OH)–C–C–N with tert-alkyl or cyclic N) is 1. The van der Waals surface area contributed by atoms with Crippen LogP contribution in [0.4, 0.5) is 0 Å². The molecular weight excluding hydrogens is 256 g/mol. The second kappa shape index (κ2) is 7.96. The number of carbonyl (C=O) groups excluding carboxylic acids is 1. The van der Waals surface area contributed by atoms with E-state index in [4.69, 9.17) is 4.74 Å². The molecule has 0 unspecified atom stereocenters. The van der Waals surface area contributed by atoms with Crippen molar-refractivity contribution in [2.75, 3.05) is 39.3 Å². The largest absolute Gasteiger partial charge is 0.392 e. The summed E-state index contributed by atoms with van der Waals surface area (Å²) in [5, 5.41) is 9.37. The number of nitrogens with zero attached hydrogens (tertiary/aromatic N) is 2. The molecule has 5 nitrogen and oxygen atoms in total. The van der Waals surface area contributed by atoms with Crippen LogP contribution in [0.2, 0.25) is 0 Å². The molecule has 0 spiro atoms. The van der Waals surface area contributed by atoms with Crippen molar-refractivity contribution in [3.63, 3.8) is 0 Å². The van der Waals surface area contributed by atoms with E-state index in [0.29, 0.717) is 12.6 Å². The highest BCUT2D eigenvalue weighted by Gasteiger charge is 2.23. The average Bonchev–Trinajstić information content (AvgIpc) is 2.46. The molecule has 2 fully saturated rings. The molecule has 1 saturated heterocycles. The lowest BCUT2D eigenvalue weighted by Crippen LogP contribution is -2.51. The molecule has 1 amide bonds. The molecule has 1 aliphatic carbocycles. The van der Waals surface area contributed by atoms with Gasteiger partial charge >= 0.3 is 0 Å². The Bertz CT molecular complexity index is 295. The number of amides is 1. The van der Waals surface area contributed by atoms with E-state index in [1.54, 1.807) is 6.92 Å². The number of aliphatic hydroxyl groups is 1. The Morgan fingerprint density at radius 2 is 1.85 bits per heavy atom. The lowest BCUT2D eigenvalue weighted by atomic mass is 9.98. The van der Waals surface area contributed by atoms with Crippen LogP contribution >= 0.6 is 0 Å². The molecule has 0 radical (unpaired) electrons. The zero-order chi connectivity index (χ0) is 14.4. The Kier molecular flexibility index (Phi) is 6.26. The van der Waals surface area contributed by atoms with Gasteiger partial charge in [-0.3, -0.25) is 9.69 Å². The van der Waals surface area contributed by atoms with Crippen LogP contribution in [0.3, 0.4) is 0 Å². The van der Waals surface area contributed by atoms with Crippen molar-refractivity contribution in [3.8, 4) is 0 Å². The zero-order valence-electron chi connectivity index (χ0n) is 12.6. The first kappa shape index (κ1) is 15.7. The zero-order valence-corrected chi connectivity index (χ0v) is 12.6. The third-order valence-corrected chi connectivity index (χ3v) is 4.24. The normalized spacial score (nSPS) is 23.8. The van der Waals surface area contributed by atoms with Gasteiger partial charge in [-0.2, -0.15) is 0 Å². The lowest BCUT2D eigenvalue weighted by Gasteiger charge is -2.35. The Balaban J connectivity index is 1.64. The molecule has 1 aliphatic heterocycles. The number of carbonyl (C=O) groups is 1. The van der Waals surface area contributed by atoms with Gasteiger partial charge in [0.15, 0.2) is 0 Å². The summed E-state index contributed by atoms with van der Waals surface area (Å²) in [6.07, 6.45) is 5.98. The standard InChI is InChI=1S/C15H28N2O3/c1-13(18)11-16-7-9-17(10-8-16)15(19)12-20-14-5-3-2-4-6-14/h13-14,18H,2-12H2,1H3/t13-/m0/s1. The first-order chi connectivity index (χ1) is 9.65. The third kappa shape index (κ3) is 5.04. The fourth-order valence-electron chi connectivity index (χ4n) is 3.07. The molecule has 1 heterocycles. The molecule has 1 atom stereocenters. The molecule has 1 N–H and O–H groups in total. The Hall–Kier alpha value is -0.650. The maximum absolute atomic E-state index is 12.1. The van der Waals surface area contributed by atoms with Crippen LogP contribution in [0.5, 0.6) is 0 Å². The summed E-state index contributed by atoms with van der Waals surface area (Å²) >= 11 is 0. The molecule has 2 rings (SSSR count). The lowest BCUT2D eigenvalue weighted by molar-refractivity contribution is -0.140. The predicted octanol–water partition coefficient (Wildman–Crippen LogP) is 0.861. The summed E-state index contributed by atoms with van der Waals surface area (Å²) in [5.41, 5.74) is 0. The van der Waals surface area contributed by atoms with Crippen LogP contribution < -0.4 is 0 Å². The molecule has 0 bridgehead atoms. The van der Waals surface area contributed by atoms with Gasteiger partial charge in [-0.25, -0.2) is 0 Å². The van der Waals surface area contributed by atoms with E-state index in [0.717, 1.165) is 39.0 Å². The van der Waals surface area contributed by atoms with Gasteiger partial charge in [0.05, 0.1) is 12.2 Å². The van der Waals surface area contributed by atoms with E-state index in [1.165, 1.54) is 19.3 Å². The van der Waals surface area contributed by atoms with Crippen molar-refractivity contribution >= 4 is 5.91 Å². The second-order valence-corrected chi connectivity index (χ2v) is 6.10. The Morgan fingerprint density at radius 3 is 2.45 bits per heavy atom. The van der Waals surface area contributed by atoms with Crippen molar-refractivity contribution < 1.29 is 14.6 Å². The van der Waals surface area contributed by atoms with E-state index in [-0.39, 0.29) is 18.6 Å². The average molecular weight is 284 g/mol. The molecule has 116 valence electrons. The van der Waals surface area contributed by atoms with Crippen LogP contribution in [0.15, 0.2) is 0 Å². The van der Waals surface area contributed by atoms with Gasteiger partial charge in [-0.05, 0) is 19.8 Å². The summed E-state index contributed by atoms with van der Waals surface area (Å²) in [6, 6.07) is 0. The smallest absolute Gasteiger partial charge is 0.248 e. The molecule has 20 heavy (non-hydrogen) atoms. The minimum atomic E-state index is -0.299. The van der Waals surface area contributed by atoms with Gasteiger partial charge in [0.1, 0.15) is 6.61 Å². The highest BCUT2D eigenvalue weighted by molar-refractivity contribution is 5.77. The monoisotopic (exact) mass is 284 g/mol. The number of hydrogen-bond acceptors (Lipinski definition) is 4. The van der Waals surface area contributed by atoms with Crippen LogP contribution in [0, 0.1) is 0 Å². The molecular formula is C15H28N2O3. The van der Waals surface area contributed by atoms with E-state index < -0.39 is 0 Å². The number of ether oxygens (including phenoxy) is 1. The maximum atomic E-state index is 12.1. The van der Waals surface area contributed by atoms with Gasteiger partial charge in [0.25, 0.3) is 0 Å². The molecule has 0 aromatic carbocycles. The van der Waals surface area contributed by atoms with Gasteiger partial charge in [-0.1, -0.05) is 19.3 Å². The predicted molar refractivity (Wildman–Crippen MR) is 77.5 cm³/mol. The topological polar surface area (TPSA) is 53.0 Å². The third-order valence-electron chi connectivity index (χ3n) is 4.24. The van der Waals surface area contributed by atoms with E-state index in [2.05, 4.69) is 4.90 Å². The van der Waals surface area contributed by atoms with Gasteiger partial charge in [-0.15, -0.1) is 0 Å². The van der Waals surface area contributed by atoms with Crippen molar-refractivity contribution in [3.05, 3.63) is 0 Å². The molecule has 0 aromatic heterocycles. The first-order valence-corrected chi connectivity index (χ1v) is 7.95. The van der Waals surface area contributed by atoms with E-state index in [1.807, 2.05) is 4.90 Å². The van der Waals surface area contributed by atoms with Crippen molar-refractivity contribution in [1.82, 2.24) is 9.80 Å². The van der Waals surface area contributed by atoms with Crippen molar-refractivity contribution in [2.45, 2.75) is 51.2 Å². The number of aliphatic hydroxyl groups excluding tert-OH is 1. The Labute approximate surface area is 121 Å². The highest BCUT2D eigenvalue weighted by atomic mass is 16.5. The van der Waals surface area contributed by atoms with E-state index >= 15 is 0 Å². The van der Waals surface area contributed by atoms with Crippen molar-refractivity contribution in [1.29, 1.82) is 0 Å². The Morgan fingerprint density at radius 1 is 1.20 bits per heavy atom. The fraction of sp³-hybridized carbons (Fsp3) is 0.933. The summed E-state index contributed by atoms with van der Waals surface area (Å²) in [4.78, 5) is 16.2. The van der Waals surface area contributed by atoms with Gasteiger partial charge in [0, 0.05) is 32.7 Å². The van der Waals surface area contributed by atoms with Crippen molar-refractivity contribution in [2.24, 2.45) is 0 Å².